The molecule has 1 aromatic carbocycles. The maximum Gasteiger partial charge on any atom is 0.263 e. The highest BCUT2D eigenvalue weighted by molar-refractivity contribution is 5.85. The number of aromatic amines is 1. The molecule has 3 N–H and O–H groups in total. The first-order valence-electron chi connectivity index (χ1n) is 8.34. The zero-order valence-corrected chi connectivity index (χ0v) is 14.9. The molecule has 0 saturated carbocycles. The van der Waals surface area contributed by atoms with E-state index in [1.165, 1.54) is 0 Å². The van der Waals surface area contributed by atoms with Crippen LogP contribution in [0, 0.1) is 20.8 Å². The van der Waals surface area contributed by atoms with Crippen LogP contribution >= 0.6 is 0 Å². The number of H-pyrrole nitrogens is 1. The number of nitrogens with zero attached hydrogens (tertiary/aromatic N) is 3. The number of phenolic OH excluding ortho intramolecular Hbond substituents is 1. The summed E-state index contributed by atoms with van der Waals surface area (Å²) in [5, 5.41) is 26.7. The molecule has 0 bridgehead atoms. The Morgan fingerprint density at radius 2 is 2.08 bits per heavy atom. The third-order valence-electron chi connectivity index (χ3n) is 5.02. The van der Waals surface area contributed by atoms with Gasteiger partial charge in [-0.15, -0.1) is 10.2 Å². The largest absolute Gasteiger partial charge is 0.507 e. The molecule has 134 valence electrons. The van der Waals surface area contributed by atoms with E-state index in [-0.39, 0.29) is 5.91 Å². The molecular formula is C17H23N5O3. The number of tetrazole rings is 1. The number of hydrogen-bond donors (Lipinski definition) is 3. The maximum atomic E-state index is 12.7. The van der Waals surface area contributed by atoms with Gasteiger partial charge in [0, 0.05) is 24.9 Å². The molecule has 1 aromatic heterocycles. The van der Waals surface area contributed by atoms with E-state index in [1.807, 2.05) is 20.8 Å². The van der Waals surface area contributed by atoms with E-state index >= 15 is 0 Å². The molecule has 3 rings (SSSR count). The van der Waals surface area contributed by atoms with E-state index in [4.69, 9.17) is 4.74 Å². The highest BCUT2D eigenvalue weighted by Gasteiger charge is 2.40. The quantitative estimate of drug-likeness (QED) is 0.769. The van der Waals surface area contributed by atoms with Gasteiger partial charge in [0.1, 0.15) is 11.5 Å². The fourth-order valence-electron chi connectivity index (χ4n) is 3.17. The van der Waals surface area contributed by atoms with Crippen molar-refractivity contribution in [3.63, 3.8) is 0 Å². The number of nitrogens with one attached hydrogen (secondary N) is 2. The predicted octanol–water partition coefficient (Wildman–Crippen LogP) is 1.27. The van der Waals surface area contributed by atoms with Crippen molar-refractivity contribution in [2.45, 2.75) is 52.6 Å². The van der Waals surface area contributed by atoms with Crippen molar-refractivity contribution < 1.29 is 14.6 Å². The summed E-state index contributed by atoms with van der Waals surface area (Å²) in [7, 11) is 0. The van der Waals surface area contributed by atoms with E-state index in [9.17, 15) is 9.90 Å². The lowest BCUT2D eigenvalue weighted by Gasteiger charge is -2.36. The summed E-state index contributed by atoms with van der Waals surface area (Å²) in [6, 6.07) is 0. The van der Waals surface area contributed by atoms with Crippen LogP contribution in [0.1, 0.15) is 41.4 Å². The fraction of sp³-hybridized carbons (Fsp3) is 0.529. The summed E-state index contributed by atoms with van der Waals surface area (Å²) in [6.07, 6.45) is 1.74. The first-order chi connectivity index (χ1) is 11.8. The molecule has 1 aliphatic rings. The number of fused-ring (bicyclic) bond motifs is 1. The Bertz CT molecular complexity index is 803. The second-order valence-corrected chi connectivity index (χ2v) is 6.70. The molecule has 1 amide bonds. The molecule has 2 heterocycles. The van der Waals surface area contributed by atoms with Crippen LogP contribution in [0.4, 0.5) is 0 Å². The molecular weight excluding hydrogens is 322 g/mol. The van der Waals surface area contributed by atoms with E-state index in [2.05, 4.69) is 25.9 Å². The number of rotatable bonds is 4. The lowest BCUT2D eigenvalue weighted by molar-refractivity contribution is -0.136. The van der Waals surface area contributed by atoms with Crippen LogP contribution in [-0.4, -0.2) is 43.8 Å². The summed E-state index contributed by atoms with van der Waals surface area (Å²) < 4.78 is 6.14. The number of carbonyl (C=O) groups excluding carboxylic acids is 1. The third kappa shape index (κ3) is 3.04. The minimum atomic E-state index is -0.940. The van der Waals surface area contributed by atoms with Gasteiger partial charge in [0.25, 0.3) is 5.91 Å². The van der Waals surface area contributed by atoms with E-state index in [1.54, 1.807) is 6.92 Å². The second-order valence-electron chi connectivity index (χ2n) is 6.70. The molecule has 1 atom stereocenters. The van der Waals surface area contributed by atoms with Crippen LogP contribution in [0.3, 0.4) is 0 Å². The second kappa shape index (κ2) is 6.34. The molecule has 0 fully saturated rings. The molecule has 8 heteroatoms. The number of hydrogen-bond acceptors (Lipinski definition) is 6. The zero-order valence-electron chi connectivity index (χ0n) is 14.9. The average Bonchev–Trinajstić information content (AvgIpc) is 3.11. The number of benzene rings is 1. The minimum absolute atomic E-state index is 0.163. The van der Waals surface area contributed by atoms with Crippen molar-refractivity contribution in [2.75, 3.05) is 6.54 Å². The number of amides is 1. The highest BCUT2D eigenvalue weighted by Crippen LogP contribution is 2.43. The summed E-state index contributed by atoms with van der Waals surface area (Å²) in [5.41, 5.74) is 2.54. The van der Waals surface area contributed by atoms with Gasteiger partial charge in [-0.2, -0.15) is 5.21 Å². The van der Waals surface area contributed by atoms with Gasteiger partial charge < -0.3 is 15.2 Å². The highest BCUT2D eigenvalue weighted by atomic mass is 16.5. The van der Waals surface area contributed by atoms with Gasteiger partial charge in [0.15, 0.2) is 11.4 Å². The minimum Gasteiger partial charge on any atom is -0.507 e. The van der Waals surface area contributed by atoms with Gasteiger partial charge in [-0.3, -0.25) is 4.79 Å². The lowest BCUT2D eigenvalue weighted by atomic mass is 9.86. The topological polar surface area (TPSA) is 113 Å². The molecule has 1 aliphatic heterocycles. The van der Waals surface area contributed by atoms with Gasteiger partial charge in [0.05, 0.1) is 0 Å². The molecule has 0 spiro atoms. The Hall–Kier alpha value is -2.64. The molecule has 8 nitrogen and oxygen atoms in total. The fourth-order valence-corrected chi connectivity index (χ4v) is 3.17. The van der Waals surface area contributed by atoms with Crippen LogP contribution in [-0.2, 0) is 17.6 Å². The van der Waals surface area contributed by atoms with E-state index in [0.29, 0.717) is 37.4 Å². The summed E-state index contributed by atoms with van der Waals surface area (Å²) in [4.78, 5) is 12.7. The summed E-state index contributed by atoms with van der Waals surface area (Å²) in [5.74, 6) is 1.42. The van der Waals surface area contributed by atoms with Crippen LogP contribution in [0.15, 0.2) is 0 Å². The Balaban J connectivity index is 1.75. The average molecular weight is 345 g/mol. The van der Waals surface area contributed by atoms with Crippen molar-refractivity contribution in [1.82, 2.24) is 25.9 Å². The first kappa shape index (κ1) is 17.2. The van der Waals surface area contributed by atoms with Crippen LogP contribution in [0.2, 0.25) is 0 Å². The van der Waals surface area contributed by atoms with Crippen molar-refractivity contribution >= 4 is 5.91 Å². The Kier molecular flexibility index (Phi) is 4.36. The summed E-state index contributed by atoms with van der Waals surface area (Å²) >= 11 is 0. The van der Waals surface area contributed by atoms with Crippen molar-refractivity contribution in [2.24, 2.45) is 0 Å². The summed E-state index contributed by atoms with van der Waals surface area (Å²) in [6.45, 7) is 7.87. The van der Waals surface area contributed by atoms with Crippen molar-refractivity contribution in [3.8, 4) is 11.5 Å². The molecule has 0 saturated heterocycles. The number of carbonyl (C=O) groups is 1. The van der Waals surface area contributed by atoms with E-state index in [0.717, 1.165) is 28.0 Å². The molecule has 0 radical (unpaired) electrons. The van der Waals surface area contributed by atoms with Gasteiger partial charge >= 0.3 is 0 Å². The van der Waals surface area contributed by atoms with Crippen LogP contribution < -0.4 is 10.1 Å². The number of phenols is 1. The zero-order chi connectivity index (χ0) is 18.2. The first-order valence-corrected chi connectivity index (χ1v) is 8.34. The van der Waals surface area contributed by atoms with Gasteiger partial charge in [-0.1, -0.05) is 5.21 Å². The smallest absolute Gasteiger partial charge is 0.263 e. The van der Waals surface area contributed by atoms with E-state index < -0.39 is 5.60 Å². The van der Waals surface area contributed by atoms with Crippen LogP contribution in [0.5, 0.6) is 11.5 Å². The van der Waals surface area contributed by atoms with Crippen molar-refractivity contribution in [1.29, 1.82) is 0 Å². The van der Waals surface area contributed by atoms with Crippen LogP contribution in [0.25, 0.3) is 0 Å². The Morgan fingerprint density at radius 3 is 2.76 bits per heavy atom. The molecule has 1 unspecified atom stereocenters. The monoisotopic (exact) mass is 345 g/mol. The lowest BCUT2D eigenvalue weighted by Crippen LogP contribution is -2.51. The SMILES string of the molecule is Cc1c(C)c2c(c(C)c1O)CCC(C)(C(=O)NCCc1nn[nH]n1)O2. The maximum absolute atomic E-state index is 12.7. The van der Waals surface area contributed by atoms with Gasteiger partial charge in [-0.25, -0.2) is 0 Å². The third-order valence-corrected chi connectivity index (χ3v) is 5.02. The Labute approximate surface area is 146 Å². The Morgan fingerprint density at radius 1 is 1.32 bits per heavy atom. The molecule has 25 heavy (non-hydrogen) atoms. The standard InChI is InChI=1S/C17H23N5O3/c1-9-10(2)15-12(11(3)14(9)23)5-7-17(4,25-15)16(24)18-8-6-13-19-21-22-20-13/h23H,5-8H2,1-4H3,(H,18,24)(H,19,20,21,22). The number of ether oxygens (including phenoxy) is 1. The normalized spacial score (nSPS) is 19.2. The molecule has 2 aromatic rings. The predicted molar refractivity (Wildman–Crippen MR) is 90.6 cm³/mol. The van der Waals surface area contributed by atoms with Gasteiger partial charge in [0.2, 0.25) is 0 Å². The van der Waals surface area contributed by atoms with Crippen molar-refractivity contribution in [3.05, 3.63) is 28.1 Å². The number of aromatic nitrogens is 4. The molecule has 0 aliphatic carbocycles. The number of aromatic hydroxyl groups is 1. The van der Waals surface area contributed by atoms with Gasteiger partial charge in [-0.05, 0) is 50.8 Å².